The molecule has 10 aromatic carbocycles. The molecule has 2 heterocycles. The lowest BCUT2D eigenvalue weighted by Crippen LogP contribution is -2.11. The minimum Gasteiger partial charge on any atom is -0.456 e. The molecule has 12 rings (SSSR count). The average Bonchev–Trinajstić information content (AvgIpc) is 3.93. The maximum Gasteiger partial charge on any atom is 0.143 e. The Balaban J connectivity index is 1.04. The minimum atomic E-state index is 0.861. The molecule has 0 spiro atoms. The molecule has 0 aliphatic heterocycles. The standard InChI is InChI=1S/C60H39NO2/c1-3-16-40(17-4-1)43-32-36-49(54(38-43)41-18-5-2-6-19-41)47-20-7-8-21-48(47)50-22-9-12-27-56(50)61(45-35-37-59-55(39-45)52-24-11-13-28-57(52)62-59)44-33-30-42(31-34-44)46-25-15-26-53-51-23-10-14-29-58(51)63-60(46)53/h1-39H. The highest BCUT2D eigenvalue weighted by Crippen LogP contribution is 2.47. The van der Waals surface area contributed by atoms with E-state index >= 15 is 0 Å². The summed E-state index contributed by atoms with van der Waals surface area (Å²) < 4.78 is 12.8. The number of furan rings is 2. The molecule has 0 N–H and O–H groups in total. The molecule has 0 unspecified atom stereocenters. The quantitative estimate of drug-likeness (QED) is 0.153. The summed E-state index contributed by atoms with van der Waals surface area (Å²) in [7, 11) is 0. The van der Waals surface area contributed by atoms with E-state index in [0.717, 1.165) is 88.8 Å². The van der Waals surface area contributed by atoms with Gasteiger partial charge in [-0.15, -0.1) is 0 Å². The summed E-state index contributed by atoms with van der Waals surface area (Å²) in [5.41, 5.74) is 18.1. The first-order chi connectivity index (χ1) is 31.2. The highest BCUT2D eigenvalue weighted by Gasteiger charge is 2.22. The highest BCUT2D eigenvalue weighted by atomic mass is 16.3. The van der Waals surface area contributed by atoms with Crippen molar-refractivity contribution >= 4 is 60.9 Å². The second kappa shape index (κ2) is 15.3. The molecule has 0 saturated carbocycles. The van der Waals surface area contributed by atoms with Gasteiger partial charge >= 0.3 is 0 Å². The van der Waals surface area contributed by atoms with Gasteiger partial charge in [0.2, 0.25) is 0 Å². The van der Waals surface area contributed by atoms with Crippen LogP contribution < -0.4 is 4.90 Å². The van der Waals surface area contributed by atoms with Crippen molar-refractivity contribution in [1.29, 1.82) is 0 Å². The molecular formula is C60H39NO2. The van der Waals surface area contributed by atoms with Crippen LogP contribution in [-0.4, -0.2) is 0 Å². The third kappa shape index (κ3) is 6.38. The first-order valence-corrected chi connectivity index (χ1v) is 21.4. The lowest BCUT2D eigenvalue weighted by molar-refractivity contribution is 0.669. The van der Waals surface area contributed by atoms with Gasteiger partial charge in [-0.1, -0.05) is 182 Å². The lowest BCUT2D eigenvalue weighted by atomic mass is 9.87. The molecule has 0 atom stereocenters. The fraction of sp³-hybridized carbons (Fsp3) is 0. The number of anilines is 3. The van der Waals surface area contributed by atoms with E-state index in [4.69, 9.17) is 8.83 Å². The molecule has 0 fully saturated rings. The van der Waals surface area contributed by atoms with Crippen LogP contribution >= 0.6 is 0 Å². The normalized spacial score (nSPS) is 11.5. The fourth-order valence-corrected chi connectivity index (χ4v) is 9.34. The van der Waals surface area contributed by atoms with Crippen LogP contribution in [0.3, 0.4) is 0 Å². The number of fused-ring (bicyclic) bond motifs is 6. The van der Waals surface area contributed by atoms with E-state index in [-0.39, 0.29) is 0 Å². The van der Waals surface area contributed by atoms with Crippen molar-refractivity contribution in [2.45, 2.75) is 0 Å². The maximum absolute atomic E-state index is 6.48. The number of hydrogen-bond acceptors (Lipinski definition) is 3. The topological polar surface area (TPSA) is 29.5 Å². The second-order valence-corrected chi connectivity index (χ2v) is 16.0. The number of nitrogens with zero attached hydrogens (tertiary/aromatic N) is 1. The number of benzene rings is 10. The molecule has 0 radical (unpaired) electrons. The van der Waals surface area contributed by atoms with Gasteiger partial charge in [0.1, 0.15) is 22.3 Å². The van der Waals surface area contributed by atoms with Crippen LogP contribution in [0.25, 0.3) is 99.5 Å². The van der Waals surface area contributed by atoms with Crippen molar-refractivity contribution in [2.24, 2.45) is 0 Å². The Morgan fingerprint density at radius 1 is 0.254 bits per heavy atom. The predicted octanol–water partition coefficient (Wildman–Crippen LogP) is 17.3. The molecule has 3 heteroatoms. The minimum absolute atomic E-state index is 0.861. The van der Waals surface area contributed by atoms with E-state index in [1.54, 1.807) is 0 Å². The fourth-order valence-electron chi connectivity index (χ4n) is 9.34. The van der Waals surface area contributed by atoms with E-state index in [0.29, 0.717) is 0 Å². The summed E-state index contributed by atoms with van der Waals surface area (Å²) in [4.78, 5) is 2.38. The summed E-state index contributed by atoms with van der Waals surface area (Å²) in [6.07, 6.45) is 0. The van der Waals surface area contributed by atoms with Gasteiger partial charge in [-0.2, -0.15) is 0 Å². The van der Waals surface area contributed by atoms with Crippen molar-refractivity contribution in [3.8, 4) is 55.6 Å². The molecule has 0 bridgehead atoms. The van der Waals surface area contributed by atoms with Crippen LogP contribution in [0.15, 0.2) is 245 Å². The van der Waals surface area contributed by atoms with Crippen molar-refractivity contribution in [3.05, 3.63) is 237 Å². The Bertz CT molecular complexity index is 3620. The van der Waals surface area contributed by atoms with Gasteiger partial charge < -0.3 is 13.7 Å². The van der Waals surface area contributed by atoms with E-state index in [1.807, 2.05) is 24.3 Å². The average molecular weight is 806 g/mol. The third-order valence-corrected chi connectivity index (χ3v) is 12.3. The number of rotatable bonds is 8. The summed E-state index contributed by atoms with van der Waals surface area (Å²) in [5, 5.41) is 4.41. The van der Waals surface area contributed by atoms with Gasteiger partial charge in [0.05, 0.1) is 5.69 Å². The van der Waals surface area contributed by atoms with Crippen LogP contribution in [0.5, 0.6) is 0 Å². The first-order valence-electron chi connectivity index (χ1n) is 21.4. The largest absolute Gasteiger partial charge is 0.456 e. The van der Waals surface area contributed by atoms with E-state index < -0.39 is 0 Å². The Morgan fingerprint density at radius 2 is 0.762 bits per heavy atom. The predicted molar refractivity (Wildman–Crippen MR) is 263 cm³/mol. The number of para-hydroxylation sites is 4. The van der Waals surface area contributed by atoms with Crippen molar-refractivity contribution < 1.29 is 8.83 Å². The molecular weight excluding hydrogens is 767 g/mol. The molecule has 2 aromatic heterocycles. The summed E-state index contributed by atoms with van der Waals surface area (Å²) >= 11 is 0. The van der Waals surface area contributed by atoms with Crippen LogP contribution in [0.1, 0.15) is 0 Å². The maximum atomic E-state index is 6.48. The smallest absolute Gasteiger partial charge is 0.143 e. The Labute approximate surface area is 365 Å². The molecule has 0 aliphatic rings. The monoisotopic (exact) mass is 805 g/mol. The molecule has 0 aliphatic carbocycles. The SMILES string of the molecule is c1ccc(-c2ccc(-c3ccccc3-c3ccccc3N(c3ccc(-c4cccc5c4oc4ccccc45)cc3)c3ccc4oc5ccccc5c4c3)c(-c3ccccc3)c2)cc1. The van der Waals surface area contributed by atoms with Gasteiger partial charge in [-0.3, -0.25) is 0 Å². The zero-order valence-electron chi connectivity index (χ0n) is 34.3. The summed E-state index contributed by atoms with van der Waals surface area (Å²) in [6.45, 7) is 0. The molecule has 12 aromatic rings. The van der Waals surface area contributed by atoms with Gasteiger partial charge in [-0.05, 0) is 99.1 Å². The van der Waals surface area contributed by atoms with Crippen LogP contribution in [0.4, 0.5) is 17.1 Å². The molecule has 63 heavy (non-hydrogen) atoms. The van der Waals surface area contributed by atoms with Crippen LogP contribution in [0.2, 0.25) is 0 Å². The number of hydrogen-bond donors (Lipinski definition) is 0. The third-order valence-electron chi connectivity index (χ3n) is 12.3. The Hall–Kier alpha value is -8.40. The molecule has 296 valence electrons. The second-order valence-electron chi connectivity index (χ2n) is 16.0. The van der Waals surface area contributed by atoms with Gasteiger partial charge in [-0.25, -0.2) is 0 Å². The highest BCUT2D eigenvalue weighted by molar-refractivity contribution is 6.10. The zero-order chi connectivity index (χ0) is 41.7. The molecule has 3 nitrogen and oxygen atoms in total. The van der Waals surface area contributed by atoms with Crippen molar-refractivity contribution in [1.82, 2.24) is 0 Å². The summed E-state index contributed by atoms with van der Waals surface area (Å²) in [5.74, 6) is 0. The summed E-state index contributed by atoms with van der Waals surface area (Å²) in [6, 6.07) is 84.2. The molecule has 0 amide bonds. The Kier molecular flexibility index (Phi) is 8.83. The van der Waals surface area contributed by atoms with Gasteiger partial charge in [0.25, 0.3) is 0 Å². The lowest BCUT2D eigenvalue weighted by Gasteiger charge is -2.29. The van der Waals surface area contributed by atoms with Gasteiger partial charge in [0.15, 0.2) is 0 Å². The van der Waals surface area contributed by atoms with E-state index in [1.165, 1.54) is 27.8 Å². The van der Waals surface area contributed by atoms with Gasteiger partial charge in [0, 0.05) is 44.0 Å². The zero-order valence-corrected chi connectivity index (χ0v) is 34.3. The Morgan fingerprint density at radius 3 is 1.52 bits per heavy atom. The van der Waals surface area contributed by atoms with Crippen LogP contribution in [-0.2, 0) is 0 Å². The van der Waals surface area contributed by atoms with E-state index in [2.05, 4.69) is 217 Å². The van der Waals surface area contributed by atoms with E-state index in [9.17, 15) is 0 Å². The first kappa shape index (κ1) is 36.5. The van der Waals surface area contributed by atoms with Crippen molar-refractivity contribution in [3.63, 3.8) is 0 Å². The van der Waals surface area contributed by atoms with Crippen molar-refractivity contribution in [2.75, 3.05) is 4.90 Å². The van der Waals surface area contributed by atoms with Crippen LogP contribution in [0, 0.1) is 0 Å². The molecule has 0 saturated heterocycles.